The summed E-state index contributed by atoms with van der Waals surface area (Å²) in [6.45, 7) is 5.00. The zero-order valence-corrected chi connectivity index (χ0v) is 11.7. The molecule has 1 aliphatic rings. The highest BCUT2D eigenvalue weighted by molar-refractivity contribution is 6.32. The van der Waals surface area contributed by atoms with Gasteiger partial charge in [0.1, 0.15) is 5.15 Å². The minimum Gasteiger partial charge on any atom is -0.315 e. The van der Waals surface area contributed by atoms with Crippen LogP contribution in [0, 0.1) is 0 Å². The lowest BCUT2D eigenvalue weighted by Crippen LogP contribution is -2.27. The summed E-state index contributed by atoms with van der Waals surface area (Å²) >= 11 is 11.7. The second-order valence-corrected chi connectivity index (χ2v) is 4.53. The third kappa shape index (κ3) is 4.56. The summed E-state index contributed by atoms with van der Waals surface area (Å²) in [7, 11) is 0. The Morgan fingerprint density at radius 2 is 2.12 bits per heavy atom. The van der Waals surface area contributed by atoms with E-state index < -0.39 is 0 Å². The molecule has 1 N–H and O–H groups in total. The predicted molar refractivity (Wildman–Crippen MR) is 72.1 cm³/mol. The van der Waals surface area contributed by atoms with E-state index in [1.54, 1.807) is 6.20 Å². The molecule has 17 heavy (non-hydrogen) atoms. The Morgan fingerprint density at radius 3 is 2.88 bits per heavy atom. The molecule has 4 nitrogen and oxygen atoms in total. The van der Waals surface area contributed by atoms with Gasteiger partial charge in [0.15, 0.2) is 0 Å². The van der Waals surface area contributed by atoms with Crippen LogP contribution in [0.1, 0.15) is 12.0 Å². The Labute approximate surface area is 117 Å². The fourth-order valence-corrected chi connectivity index (χ4v) is 2.14. The number of hydrogen-bond donors (Lipinski definition) is 1. The molecule has 0 atom stereocenters. The van der Waals surface area contributed by atoms with E-state index in [4.69, 9.17) is 23.2 Å². The number of nitrogens with one attached hydrogen (secondary N) is 1. The first-order valence-corrected chi connectivity index (χ1v) is 6.11. The van der Waals surface area contributed by atoms with Crippen molar-refractivity contribution in [3.63, 3.8) is 0 Å². The van der Waals surface area contributed by atoms with E-state index in [0.717, 1.165) is 44.7 Å². The average Bonchev–Trinajstić information content (AvgIpc) is 2.51. The van der Waals surface area contributed by atoms with Crippen LogP contribution in [0.4, 0.5) is 0 Å². The van der Waals surface area contributed by atoms with E-state index in [-0.39, 0.29) is 17.7 Å². The largest absolute Gasteiger partial charge is 0.315 e. The second-order valence-electron chi connectivity index (χ2n) is 3.83. The van der Waals surface area contributed by atoms with Gasteiger partial charge in [0, 0.05) is 31.4 Å². The van der Waals surface area contributed by atoms with Crippen molar-refractivity contribution in [3.05, 3.63) is 22.2 Å². The van der Waals surface area contributed by atoms with Crippen LogP contribution < -0.4 is 5.32 Å². The van der Waals surface area contributed by atoms with Crippen molar-refractivity contribution in [1.82, 2.24) is 20.2 Å². The molecule has 0 spiro atoms. The molecule has 7 heteroatoms. The van der Waals surface area contributed by atoms with Gasteiger partial charge in [-0.2, -0.15) is 0 Å². The van der Waals surface area contributed by atoms with Crippen LogP contribution >= 0.6 is 35.6 Å². The SMILES string of the molecule is Cl.Clc1ncc(CN2CCCNCC2)c(Cl)n1. The zero-order valence-electron chi connectivity index (χ0n) is 9.33. The van der Waals surface area contributed by atoms with Crippen LogP contribution in [-0.2, 0) is 6.54 Å². The Balaban J connectivity index is 0.00000144. The molecule has 0 aromatic carbocycles. The summed E-state index contributed by atoms with van der Waals surface area (Å²) in [5.41, 5.74) is 0.938. The molecule has 0 saturated carbocycles. The zero-order chi connectivity index (χ0) is 11.4. The lowest BCUT2D eigenvalue weighted by Gasteiger charge is -2.19. The van der Waals surface area contributed by atoms with Gasteiger partial charge >= 0.3 is 0 Å². The molecule has 1 aromatic heterocycles. The second kappa shape index (κ2) is 7.34. The first kappa shape index (κ1) is 14.9. The molecule has 2 heterocycles. The smallest absolute Gasteiger partial charge is 0.223 e. The summed E-state index contributed by atoms with van der Waals surface area (Å²) in [5.74, 6) is 0. The van der Waals surface area contributed by atoms with Gasteiger partial charge < -0.3 is 5.32 Å². The predicted octanol–water partition coefficient (Wildman–Crippen LogP) is 2.00. The number of halogens is 3. The van der Waals surface area contributed by atoms with Gasteiger partial charge in [-0.3, -0.25) is 4.90 Å². The van der Waals surface area contributed by atoms with Crippen molar-refractivity contribution in [2.75, 3.05) is 26.2 Å². The summed E-state index contributed by atoms with van der Waals surface area (Å²) < 4.78 is 0. The standard InChI is InChI=1S/C10H14Cl2N4.ClH/c11-9-8(6-14-10(12)15-9)7-16-4-1-2-13-3-5-16;/h6,13H,1-5,7H2;1H. The van der Waals surface area contributed by atoms with Gasteiger partial charge in [0.2, 0.25) is 5.28 Å². The Hall–Kier alpha value is -0.130. The molecular weight excluding hydrogens is 282 g/mol. The van der Waals surface area contributed by atoms with Gasteiger partial charge in [-0.25, -0.2) is 9.97 Å². The Bertz CT molecular complexity index is 353. The normalized spacial score (nSPS) is 17.3. The number of hydrogen-bond acceptors (Lipinski definition) is 4. The topological polar surface area (TPSA) is 41.1 Å². The van der Waals surface area contributed by atoms with Crippen molar-refractivity contribution in [2.24, 2.45) is 0 Å². The van der Waals surface area contributed by atoms with Crippen LogP contribution in [0.2, 0.25) is 10.4 Å². The lowest BCUT2D eigenvalue weighted by atomic mass is 10.3. The monoisotopic (exact) mass is 296 g/mol. The van der Waals surface area contributed by atoms with Crippen LogP contribution in [0.3, 0.4) is 0 Å². The maximum Gasteiger partial charge on any atom is 0.223 e. The Morgan fingerprint density at radius 1 is 1.29 bits per heavy atom. The Kier molecular flexibility index (Phi) is 6.44. The summed E-state index contributed by atoms with van der Waals surface area (Å²) in [5, 5.41) is 4.02. The van der Waals surface area contributed by atoms with Crippen LogP contribution in [0.15, 0.2) is 6.20 Å². The van der Waals surface area contributed by atoms with Crippen molar-refractivity contribution >= 4 is 35.6 Å². The first-order valence-electron chi connectivity index (χ1n) is 5.36. The van der Waals surface area contributed by atoms with E-state index in [1.165, 1.54) is 0 Å². The molecule has 0 bridgehead atoms. The lowest BCUT2D eigenvalue weighted by molar-refractivity contribution is 0.284. The highest BCUT2D eigenvalue weighted by Gasteiger charge is 2.12. The van der Waals surface area contributed by atoms with Gasteiger partial charge in [-0.05, 0) is 31.1 Å². The van der Waals surface area contributed by atoms with Crippen LogP contribution in [-0.4, -0.2) is 41.0 Å². The summed E-state index contributed by atoms with van der Waals surface area (Å²) in [6, 6.07) is 0. The van der Waals surface area contributed by atoms with Crippen molar-refractivity contribution in [3.8, 4) is 0 Å². The van der Waals surface area contributed by atoms with E-state index in [9.17, 15) is 0 Å². The van der Waals surface area contributed by atoms with E-state index in [1.807, 2.05) is 0 Å². The van der Waals surface area contributed by atoms with Gasteiger partial charge in [0.25, 0.3) is 0 Å². The van der Waals surface area contributed by atoms with Crippen molar-refractivity contribution in [2.45, 2.75) is 13.0 Å². The molecule has 1 aromatic rings. The number of rotatable bonds is 2. The molecule has 2 rings (SSSR count). The maximum atomic E-state index is 6.01. The average molecular weight is 298 g/mol. The number of nitrogens with zero attached hydrogens (tertiary/aromatic N) is 3. The highest BCUT2D eigenvalue weighted by atomic mass is 35.5. The number of aromatic nitrogens is 2. The molecular formula is C10H15Cl3N4. The molecule has 0 amide bonds. The van der Waals surface area contributed by atoms with Crippen LogP contribution in [0.25, 0.3) is 0 Å². The van der Waals surface area contributed by atoms with Gasteiger partial charge in [-0.1, -0.05) is 11.6 Å². The first-order chi connectivity index (χ1) is 7.75. The maximum absolute atomic E-state index is 6.01. The molecule has 1 fully saturated rings. The molecule has 0 aliphatic carbocycles. The fraction of sp³-hybridized carbons (Fsp3) is 0.600. The quantitative estimate of drug-likeness (QED) is 0.670. The van der Waals surface area contributed by atoms with Gasteiger partial charge in [0.05, 0.1) is 0 Å². The third-order valence-corrected chi connectivity index (χ3v) is 3.12. The van der Waals surface area contributed by atoms with Crippen LogP contribution in [0.5, 0.6) is 0 Å². The third-order valence-electron chi connectivity index (χ3n) is 2.61. The highest BCUT2D eigenvalue weighted by Crippen LogP contribution is 2.16. The van der Waals surface area contributed by atoms with E-state index in [0.29, 0.717) is 5.15 Å². The van der Waals surface area contributed by atoms with Crippen molar-refractivity contribution in [1.29, 1.82) is 0 Å². The van der Waals surface area contributed by atoms with Gasteiger partial charge in [-0.15, -0.1) is 12.4 Å². The molecule has 1 aliphatic heterocycles. The molecule has 0 unspecified atom stereocenters. The molecule has 0 radical (unpaired) electrons. The summed E-state index contributed by atoms with van der Waals surface area (Å²) in [6.07, 6.45) is 2.86. The summed E-state index contributed by atoms with van der Waals surface area (Å²) in [4.78, 5) is 10.2. The molecule has 96 valence electrons. The molecule has 1 saturated heterocycles. The minimum atomic E-state index is 0. The fourth-order valence-electron chi connectivity index (χ4n) is 1.77. The van der Waals surface area contributed by atoms with E-state index >= 15 is 0 Å². The van der Waals surface area contributed by atoms with Crippen molar-refractivity contribution < 1.29 is 0 Å². The minimum absolute atomic E-state index is 0. The van der Waals surface area contributed by atoms with E-state index in [2.05, 4.69) is 20.2 Å².